The van der Waals surface area contributed by atoms with Crippen LogP contribution in [0.2, 0.25) is 0 Å². The molecule has 21 heavy (non-hydrogen) atoms. The standard InChI is InChI=1S/C15H19N3O2S/c1-4-11-12(14(19)20-3)13(17-15(21)18(11)2)9-6-5-7-10(16)8-9/h5-8,13H,4,16H2,1-3H3,(H,17,21). The van der Waals surface area contributed by atoms with Crippen LogP contribution in [0.1, 0.15) is 24.9 Å². The molecule has 6 heteroatoms. The number of rotatable bonds is 3. The summed E-state index contributed by atoms with van der Waals surface area (Å²) in [6.45, 7) is 1.99. The van der Waals surface area contributed by atoms with Gasteiger partial charge in [-0.3, -0.25) is 0 Å². The molecule has 0 aliphatic carbocycles. The van der Waals surface area contributed by atoms with Crippen molar-refractivity contribution in [2.24, 2.45) is 0 Å². The topological polar surface area (TPSA) is 67.6 Å². The lowest BCUT2D eigenvalue weighted by molar-refractivity contribution is -0.136. The number of anilines is 1. The minimum Gasteiger partial charge on any atom is -0.466 e. The van der Waals surface area contributed by atoms with Crippen molar-refractivity contribution < 1.29 is 9.53 Å². The number of nitrogens with two attached hydrogens (primary N) is 1. The number of nitrogens with zero attached hydrogens (tertiary/aromatic N) is 1. The number of methoxy groups -OCH3 is 1. The van der Waals surface area contributed by atoms with Gasteiger partial charge in [0.1, 0.15) is 0 Å². The smallest absolute Gasteiger partial charge is 0.337 e. The highest BCUT2D eigenvalue weighted by Gasteiger charge is 2.34. The Kier molecular flexibility index (Phi) is 4.47. The van der Waals surface area contributed by atoms with Crippen molar-refractivity contribution in [2.75, 3.05) is 19.9 Å². The number of hydrogen-bond acceptors (Lipinski definition) is 4. The number of ether oxygens (including phenoxy) is 1. The highest BCUT2D eigenvalue weighted by atomic mass is 32.1. The molecule has 0 bridgehead atoms. The van der Waals surface area contributed by atoms with Crippen molar-refractivity contribution in [3.63, 3.8) is 0 Å². The Hall–Kier alpha value is -2.08. The Labute approximate surface area is 129 Å². The van der Waals surface area contributed by atoms with E-state index in [4.69, 9.17) is 22.7 Å². The van der Waals surface area contributed by atoms with Crippen LogP contribution in [0.15, 0.2) is 35.5 Å². The second-order valence-corrected chi connectivity index (χ2v) is 5.20. The summed E-state index contributed by atoms with van der Waals surface area (Å²) in [6, 6.07) is 7.06. The van der Waals surface area contributed by atoms with Gasteiger partial charge in [0, 0.05) is 18.4 Å². The molecule has 0 amide bonds. The summed E-state index contributed by atoms with van der Waals surface area (Å²) in [5.74, 6) is -0.360. The number of hydrogen-bond donors (Lipinski definition) is 2. The third-order valence-electron chi connectivity index (χ3n) is 3.56. The molecule has 1 aliphatic rings. The van der Waals surface area contributed by atoms with Gasteiger partial charge in [-0.1, -0.05) is 19.1 Å². The van der Waals surface area contributed by atoms with E-state index in [1.54, 1.807) is 6.07 Å². The van der Waals surface area contributed by atoms with Crippen LogP contribution in [0, 0.1) is 0 Å². The molecule has 1 aliphatic heterocycles. The average molecular weight is 305 g/mol. The molecule has 3 N–H and O–H groups in total. The number of esters is 1. The summed E-state index contributed by atoms with van der Waals surface area (Å²) in [7, 11) is 3.22. The molecule has 0 fully saturated rings. The van der Waals surface area contributed by atoms with Crippen LogP contribution in [0.3, 0.4) is 0 Å². The van der Waals surface area contributed by atoms with Gasteiger partial charge in [-0.2, -0.15) is 0 Å². The summed E-state index contributed by atoms with van der Waals surface area (Å²) in [4.78, 5) is 14.0. The minimum atomic E-state index is -0.360. The Morgan fingerprint density at radius 2 is 2.24 bits per heavy atom. The first-order valence-electron chi connectivity index (χ1n) is 6.70. The Bertz CT molecular complexity index is 613. The Morgan fingerprint density at radius 3 is 2.81 bits per heavy atom. The van der Waals surface area contributed by atoms with Crippen LogP contribution in [0.25, 0.3) is 0 Å². The third-order valence-corrected chi connectivity index (χ3v) is 3.95. The molecule has 1 aromatic carbocycles. The molecular formula is C15H19N3O2S. The van der Waals surface area contributed by atoms with E-state index in [2.05, 4.69) is 5.32 Å². The number of nitrogens with one attached hydrogen (secondary N) is 1. The van der Waals surface area contributed by atoms with E-state index < -0.39 is 0 Å². The number of benzene rings is 1. The van der Waals surface area contributed by atoms with Crippen LogP contribution >= 0.6 is 12.2 Å². The number of carbonyl (C=O) groups excluding carboxylic acids is 1. The summed E-state index contributed by atoms with van der Waals surface area (Å²) < 4.78 is 4.95. The number of thiocarbonyl (C=S) groups is 1. The van der Waals surface area contributed by atoms with Crippen LogP contribution in [0.4, 0.5) is 5.69 Å². The van der Waals surface area contributed by atoms with Gasteiger partial charge in [0.2, 0.25) is 0 Å². The lowest BCUT2D eigenvalue weighted by Crippen LogP contribution is -2.46. The molecule has 1 unspecified atom stereocenters. The second kappa shape index (κ2) is 6.13. The van der Waals surface area contributed by atoms with E-state index >= 15 is 0 Å². The molecule has 1 aromatic rings. The van der Waals surface area contributed by atoms with Gasteiger partial charge in [-0.05, 0) is 36.3 Å². The zero-order chi connectivity index (χ0) is 15.6. The maximum atomic E-state index is 12.2. The van der Waals surface area contributed by atoms with E-state index in [9.17, 15) is 4.79 Å². The van der Waals surface area contributed by atoms with Crippen molar-refractivity contribution in [3.05, 3.63) is 41.1 Å². The normalized spacial score (nSPS) is 18.5. The van der Waals surface area contributed by atoms with E-state index in [0.717, 1.165) is 11.3 Å². The molecule has 5 nitrogen and oxygen atoms in total. The number of nitrogen functional groups attached to an aromatic ring is 1. The van der Waals surface area contributed by atoms with Crippen molar-refractivity contribution in [1.29, 1.82) is 0 Å². The highest BCUT2D eigenvalue weighted by Crippen LogP contribution is 2.32. The maximum absolute atomic E-state index is 12.2. The summed E-state index contributed by atoms with van der Waals surface area (Å²) in [5.41, 5.74) is 8.80. The third kappa shape index (κ3) is 2.85. The van der Waals surface area contributed by atoms with Crippen molar-refractivity contribution >= 4 is 29.0 Å². The van der Waals surface area contributed by atoms with E-state index in [1.807, 2.05) is 37.1 Å². The van der Waals surface area contributed by atoms with Gasteiger partial charge in [0.05, 0.1) is 18.7 Å². The zero-order valence-corrected chi connectivity index (χ0v) is 13.2. The van der Waals surface area contributed by atoms with E-state index in [0.29, 0.717) is 22.8 Å². The quantitative estimate of drug-likeness (QED) is 0.505. The molecule has 0 spiro atoms. The van der Waals surface area contributed by atoms with Crippen molar-refractivity contribution in [1.82, 2.24) is 10.2 Å². The number of carbonyl (C=O) groups is 1. The first kappa shape index (κ1) is 15.3. The summed E-state index contributed by atoms with van der Waals surface area (Å²) >= 11 is 5.35. The summed E-state index contributed by atoms with van der Waals surface area (Å²) in [6.07, 6.45) is 0.682. The largest absolute Gasteiger partial charge is 0.466 e. The summed E-state index contributed by atoms with van der Waals surface area (Å²) in [5, 5.41) is 3.76. The lowest BCUT2D eigenvalue weighted by Gasteiger charge is -2.36. The number of allylic oxidation sites excluding steroid dienone is 1. The molecule has 1 atom stereocenters. The molecule has 1 heterocycles. The second-order valence-electron chi connectivity index (χ2n) is 4.82. The first-order valence-corrected chi connectivity index (χ1v) is 7.11. The van der Waals surface area contributed by atoms with Gasteiger partial charge < -0.3 is 20.7 Å². The SMILES string of the molecule is CCC1=C(C(=O)OC)C(c2cccc(N)c2)NC(=S)N1C. The van der Waals surface area contributed by atoms with Crippen LogP contribution < -0.4 is 11.1 Å². The molecule has 2 rings (SSSR count). The zero-order valence-electron chi connectivity index (χ0n) is 12.3. The molecule has 0 saturated heterocycles. The molecular weight excluding hydrogens is 286 g/mol. The molecule has 0 aromatic heterocycles. The van der Waals surface area contributed by atoms with Gasteiger partial charge in [0.25, 0.3) is 0 Å². The maximum Gasteiger partial charge on any atom is 0.337 e. The van der Waals surface area contributed by atoms with Gasteiger partial charge in [0.15, 0.2) is 5.11 Å². The molecule has 112 valence electrons. The van der Waals surface area contributed by atoms with Crippen LogP contribution in [-0.2, 0) is 9.53 Å². The predicted molar refractivity (Wildman–Crippen MR) is 86.4 cm³/mol. The van der Waals surface area contributed by atoms with Crippen LogP contribution in [-0.4, -0.2) is 30.1 Å². The monoisotopic (exact) mass is 305 g/mol. The average Bonchev–Trinajstić information content (AvgIpc) is 2.48. The molecule has 0 radical (unpaired) electrons. The predicted octanol–water partition coefficient (Wildman–Crippen LogP) is 1.97. The van der Waals surface area contributed by atoms with E-state index in [1.165, 1.54) is 7.11 Å². The van der Waals surface area contributed by atoms with Gasteiger partial charge in [-0.15, -0.1) is 0 Å². The highest BCUT2D eigenvalue weighted by molar-refractivity contribution is 7.80. The van der Waals surface area contributed by atoms with E-state index in [-0.39, 0.29) is 12.0 Å². The minimum absolute atomic E-state index is 0.348. The Balaban J connectivity index is 2.59. The first-order chi connectivity index (χ1) is 9.99. The fourth-order valence-corrected chi connectivity index (χ4v) is 2.75. The fraction of sp³-hybridized carbons (Fsp3) is 0.333. The fourth-order valence-electron chi connectivity index (χ4n) is 2.52. The van der Waals surface area contributed by atoms with Gasteiger partial charge in [-0.25, -0.2) is 4.79 Å². The van der Waals surface area contributed by atoms with Crippen molar-refractivity contribution in [3.8, 4) is 0 Å². The Morgan fingerprint density at radius 1 is 1.52 bits per heavy atom. The van der Waals surface area contributed by atoms with Crippen LogP contribution in [0.5, 0.6) is 0 Å². The lowest BCUT2D eigenvalue weighted by atomic mass is 9.93. The van der Waals surface area contributed by atoms with Crippen molar-refractivity contribution in [2.45, 2.75) is 19.4 Å². The molecule has 0 saturated carbocycles. The van der Waals surface area contributed by atoms with Gasteiger partial charge >= 0.3 is 5.97 Å².